The Morgan fingerprint density at radius 3 is 2.42 bits per heavy atom. The number of aromatic nitrogens is 1. The van der Waals surface area contributed by atoms with E-state index in [-0.39, 0.29) is 47.9 Å². The Morgan fingerprint density at radius 1 is 1.08 bits per heavy atom. The zero-order valence-electron chi connectivity index (χ0n) is 21.9. The molecule has 1 fully saturated rings. The third-order valence-corrected chi connectivity index (χ3v) is 7.07. The molecule has 1 saturated carbocycles. The van der Waals surface area contributed by atoms with E-state index in [1.54, 1.807) is 18.2 Å². The molecule has 0 unspecified atom stereocenters. The number of carboxylic acids is 1. The maximum Gasteiger partial charge on any atom is 0.337 e. The molecule has 1 amide bonds. The highest BCUT2D eigenvalue weighted by Crippen LogP contribution is 2.37. The molecule has 2 aromatic carbocycles. The number of ether oxygens (including phenoxy) is 3. The predicted octanol–water partition coefficient (Wildman–Crippen LogP) is 5.69. The fourth-order valence-electron chi connectivity index (χ4n) is 5.05. The number of carboxylic acid groups (broad SMARTS) is 1. The average molecular weight is 525 g/mol. The van der Waals surface area contributed by atoms with Gasteiger partial charge < -0.3 is 24.2 Å². The molecule has 0 saturated heterocycles. The summed E-state index contributed by atoms with van der Waals surface area (Å²) in [7, 11) is 2.97. The number of nitrogens with zero attached hydrogens (tertiary/aromatic N) is 2. The third kappa shape index (κ3) is 5.95. The molecule has 1 heterocycles. The van der Waals surface area contributed by atoms with E-state index in [0.29, 0.717) is 24.1 Å². The predicted molar refractivity (Wildman–Crippen MR) is 141 cm³/mol. The molecular weight excluding hydrogens is 491 g/mol. The zero-order chi connectivity index (χ0) is 27.2. The van der Waals surface area contributed by atoms with Crippen LogP contribution in [-0.2, 0) is 14.3 Å². The van der Waals surface area contributed by atoms with Crippen molar-refractivity contribution in [3.63, 3.8) is 0 Å². The molecule has 0 bridgehead atoms. The molecule has 1 aromatic heterocycles. The number of rotatable bonds is 10. The van der Waals surface area contributed by atoms with Gasteiger partial charge in [-0.05, 0) is 49.1 Å². The molecule has 3 aromatic rings. The van der Waals surface area contributed by atoms with Crippen molar-refractivity contribution in [2.45, 2.75) is 38.6 Å². The van der Waals surface area contributed by atoms with Gasteiger partial charge in [-0.1, -0.05) is 25.1 Å². The molecule has 0 atom stereocenters. The lowest BCUT2D eigenvalue weighted by Gasteiger charge is -2.36. The number of anilines is 1. The molecule has 0 radical (unpaired) electrons. The van der Waals surface area contributed by atoms with Crippen molar-refractivity contribution in [2.24, 2.45) is 11.8 Å². The maximum atomic E-state index is 15.6. The molecule has 1 aliphatic carbocycles. The number of amides is 1. The number of hydrogen-bond acceptors (Lipinski definition) is 6. The number of carbonyl (C=O) groups is 2. The smallest absolute Gasteiger partial charge is 0.337 e. The van der Waals surface area contributed by atoms with E-state index >= 15 is 4.39 Å². The van der Waals surface area contributed by atoms with Crippen LogP contribution >= 0.6 is 0 Å². The normalized spacial score (nSPS) is 17.5. The summed E-state index contributed by atoms with van der Waals surface area (Å²) < 4.78 is 32.1. The number of aromatic carboxylic acids is 1. The highest BCUT2D eigenvalue weighted by atomic mass is 19.1. The molecule has 4 rings (SSSR count). The van der Waals surface area contributed by atoms with Crippen molar-refractivity contribution >= 4 is 28.3 Å². The van der Waals surface area contributed by atoms with Gasteiger partial charge in [-0.3, -0.25) is 4.79 Å². The van der Waals surface area contributed by atoms with E-state index in [2.05, 4.69) is 11.9 Å². The number of fused-ring (bicyclic) bond motifs is 1. The van der Waals surface area contributed by atoms with Gasteiger partial charge in [0.05, 0.1) is 30.5 Å². The largest absolute Gasteiger partial charge is 0.478 e. The Morgan fingerprint density at radius 2 is 1.76 bits per heavy atom. The van der Waals surface area contributed by atoms with Gasteiger partial charge in [0.1, 0.15) is 0 Å². The summed E-state index contributed by atoms with van der Waals surface area (Å²) in [6, 6.07) is 10.6. The van der Waals surface area contributed by atoms with E-state index in [9.17, 15) is 14.7 Å². The van der Waals surface area contributed by atoms with Crippen LogP contribution < -0.4 is 9.64 Å². The number of hydrogen-bond donors (Lipinski definition) is 1. The minimum atomic E-state index is -1.32. The number of halogens is 1. The summed E-state index contributed by atoms with van der Waals surface area (Å²) in [5.41, 5.74) is -0.327. The van der Waals surface area contributed by atoms with Gasteiger partial charge in [0, 0.05) is 43.9 Å². The Kier molecular flexibility index (Phi) is 8.91. The second-order valence-electron chi connectivity index (χ2n) is 9.77. The van der Waals surface area contributed by atoms with E-state index in [4.69, 9.17) is 14.2 Å². The molecule has 1 N–H and O–H groups in total. The lowest BCUT2D eigenvalue weighted by molar-refractivity contribution is -0.124. The van der Waals surface area contributed by atoms with Crippen molar-refractivity contribution < 1.29 is 33.3 Å². The first-order chi connectivity index (χ1) is 18.3. The SMILES string of the molecule is COCC(COC)N(C(=O)C1CCC(C)CC1)c1cc(F)c(Oc2nccc3ccccc23)cc1C(=O)O. The van der Waals surface area contributed by atoms with E-state index in [0.717, 1.165) is 30.4 Å². The second-order valence-corrected chi connectivity index (χ2v) is 9.77. The van der Waals surface area contributed by atoms with Crippen molar-refractivity contribution in [3.05, 3.63) is 60.0 Å². The molecular formula is C29H33FN2O6. The van der Waals surface area contributed by atoms with Crippen molar-refractivity contribution in [3.8, 4) is 11.6 Å². The highest BCUT2D eigenvalue weighted by Gasteiger charge is 2.36. The van der Waals surface area contributed by atoms with Crippen molar-refractivity contribution in [1.82, 2.24) is 4.98 Å². The van der Waals surface area contributed by atoms with Crippen LogP contribution in [0.2, 0.25) is 0 Å². The molecule has 9 heteroatoms. The van der Waals surface area contributed by atoms with Gasteiger partial charge >= 0.3 is 5.97 Å². The molecule has 202 valence electrons. The minimum Gasteiger partial charge on any atom is -0.478 e. The summed E-state index contributed by atoms with van der Waals surface area (Å²) in [6.45, 7) is 2.32. The fourth-order valence-corrected chi connectivity index (χ4v) is 5.05. The van der Waals surface area contributed by atoms with E-state index < -0.39 is 17.8 Å². The Hall–Kier alpha value is -3.56. The Bertz CT molecular complexity index is 1280. The third-order valence-electron chi connectivity index (χ3n) is 7.07. The lowest BCUT2D eigenvalue weighted by Crippen LogP contribution is -2.49. The first-order valence-corrected chi connectivity index (χ1v) is 12.7. The van der Waals surface area contributed by atoms with Crippen LogP contribution in [0.5, 0.6) is 11.6 Å². The molecule has 8 nitrogen and oxygen atoms in total. The van der Waals surface area contributed by atoms with Crippen LogP contribution in [0.15, 0.2) is 48.7 Å². The van der Waals surface area contributed by atoms with Crippen LogP contribution in [0.1, 0.15) is 43.0 Å². The van der Waals surface area contributed by atoms with Gasteiger partial charge in [-0.25, -0.2) is 14.2 Å². The first kappa shape index (κ1) is 27.5. The summed E-state index contributed by atoms with van der Waals surface area (Å²) in [6.07, 6.45) is 4.69. The number of pyridine rings is 1. The van der Waals surface area contributed by atoms with Crippen LogP contribution in [0.3, 0.4) is 0 Å². The van der Waals surface area contributed by atoms with Crippen LogP contribution in [0.4, 0.5) is 10.1 Å². The topological polar surface area (TPSA) is 98.2 Å². The van der Waals surface area contributed by atoms with Crippen LogP contribution in [0, 0.1) is 17.7 Å². The van der Waals surface area contributed by atoms with E-state index in [1.807, 2.05) is 12.1 Å². The minimum absolute atomic E-state index is 0.0593. The maximum absolute atomic E-state index is 15.6. The zero-order valence-corrected chi connectivity index (χ0v) is 21.9. The fraction of sp³-hybridized carbons (Fsp3) is 0.414. The first-order valence-electron chi connectivity index (χ1n) is 12.7. The quantitative estimate of drug-likeness (QED) is 0.364. The number of methoxy groups -OCH3 is 2. The second kappa shape index (κ2) is 12.3. The average Bonchev–Trinajstić information content (AvgIpc) is 2.91. The summed E-state index contributed by atoms with van der Waals surface area (Å²) >= 11 is 0. The standard InChI is InChI=1S/C29H33FN2O6/c1-18-8-10-20(11-9-18)28(33)32(21(16-36-2)17-37-3)25-15-24(30)26(14-23(25)29(34)35)38-27-22-7-5-4-6-19(22)12-13-31-27/h4-7,12-15,18,20-21H,8-11,16-17H2,1-3H3,(H,34,35). The van der Waals surface area contributed by atoms with Gasteiger partial charge in [-0.2, -0.15) is 0 Å². The Balaban J connectivity index is 1.78. The molecule has 1 aliphatic rings. The highest BCUT2D eigenvalue weighted by molar-refractivity contribution is 6.03. The van der Waals surface area contributed by atoms with Crippen molar-refractivity contribution in [1.29, 1.82) is 0 Å². The van der Waals surface area contributed by atoms with Crippen molar-refractivity contribution in [2.75, 3.05) is 32.3 Å². The Labute approximate surface area is 221 Å². The summed E-state index contributed by atoms with van der Waals surface area (Å²) in [5, 5.41) is 11.6. The molecule has 0 aliphatic heterocycles. The van der Waals surface area contributed by atoms with Gasteiger partial charge in [-0.15, -0.1) is 0 Å². The molecule has 0 spiro atoms. The van der Waals surface area contributed by atoms with E-state index in [1.165, 1.54) is 25.3 Å². The van der Waals surface area contributed by atoms with Crippen LogP contribution in [0.25, 0.3) is 10.8 Å². The summed E-state index contributed by atoms with van der Waals surface area (Å²) in [4.78, 5) is 31.9. The monoisotopic (exact) mass is 524 g/mol. The van der Waals surface area contributed by atoms with Gasteiger partial charge in [0.2, 0.25) is 11.8 Å². The van der Waals surface area contributed by atoms with Crippen LogP contribution in [-0.4, -0.2) is 55.4 Å². The molecule has 38 heavy (non-hydrogen) atoms. The summed E-state index contributed by atoms with van der Waals surface area (Å²) in [5.74, 6) is -2.34. The van der Waals surface area contributed by atoms with Gasteiger partial charge in [0.25, 0.3) is 0 Å². The number of benzene rings is 2. The lowest BCUT2D eigenvalue weighted by atomic mass is 9.82. The number of carbonyl (C=O) groups excluding carboxylic acids is 1. The van der Waals surface area contributed by atoms with Gasteiger partial charge in [0.15, 0.2) is 11.6 Å².